The lowest BCUT2D eigenvalue weighted by atomic mass is 9.76. The van der Waals surface area contributed by atoms with Gasteiger partial charge in [-0.25, -0.2) is 0 Å². The van der Waals surface area contributed by atoms with Crippen molar-refractivity contribution in [1.82, 2.24) is 0 Å². The van der Waals surface area contributed by atoms with Gasteiger partial charge in [-0.2, -0.15) is 0 Å². The van der Waals surface area contributed by atoms with Crippen LogP contribution in [-0.4, -0.2) is 11.1 Å². The van der Waals surface area contributed by atoms with Gasteiger partial charge in [0.05, 0.1) is 0 Å². The van der Waals surface area contributed by atoms with Gasteiger partial charge >= 0.3 is 0 Å². The van der Waals surface area contributed by atoms with E-state index in [1.165, 1.54) is 23.3 Å². The van der Waals surface area contributed by atoms with Gasteiger partial charge in [-0.15, -0.1) is 23.4 Å². The Labute approximate surface area is 114 Å². The van der Waals surface area contributed by atoms with Crippen molar-refractivity contribution in [3.63, 3.8) is 0 Å². The smallest absolute Gasteiger partial charge is 0.0280 e. The largest absolute Gasteiger partial charge is 0.126 e. The fraction of sp³-hybridized carbons (Fsp3) is 0.600. The van der Waals surface area contributed by atoms with Crippen LogP contribution in [0.25, 0.3) is 0 Å². The lowest BCUT2D eigenvalue weighted by Gasteiger charge is -2.33. The number of fused-ring (bicyclic) bond motifs is 1. The van der Waals surface area contributed by atoms with Gasteiger partial charge in [0.2, 0.25) is 0 Å². The van der Waals surface area contributed by atoms with Crippen LogP contribution in [0.5, 0.6) is 0 Å². The first-order valence-electron chi connectivity index (χ1n) is 6.35. The fourth-order valence-corrected chi connectivity index (χ4v) is 4.30. The summed E-state index contributed by atoms with van der Waals surface area (Å²) in [5.41, 5.74) is 1.78. The Morgan fingerprint density at radius 2 is 2.12 bits per heavy atom. The third kappa shape index (κ3) is 2.82. The highest BCUT2D eigenvalue weighted by molar-refractivity contribution is 8.00. The summed E-state index contributed by atoms with van der Waals surface area (Å²) in [4.78, 5) is 1.47. The summed E-state index contributed by atoms with van der Waals surface area (Å²) in [5, 5.41) is 0.707. The molecule has 0 saturated heterocycles. The molecule has 1 aromatic rings. The van der Waals surface area contributed by atoms with Crippen molar-refractivity contribution < 1.29 is 0 Å². The lowest BCUT2D eigenvalue weighted by molar-refractivity contribution is 0.233. The van der Waals surface area contributed by atoms with Crippen molar-refractivity contribution >= 4 is 23.4 Å². The summed E-state index contributed by atoms with van der Waals surface area (Å²) >= 11 is 8.22. The number of hydrogen-bond donors (Lipinski definition) is 0. The van der Waals surface area contributed by atoms with Crippen molar-refractivity contribution in [3.8, 4) is 0 Å². The van der Waals surface area contributed by atoms with E-state index in [9.17, 15) is 0 Å². The van der Waals surface area contributed by atoms with Crippen LogP contribution in [0.2, 0.25) is 0 Å². The highest BCUT2D eigenvalue weighted by atomic mass is 35.5. The van der Waals surface area contributed by atoms with Crippen LogP contribution in [0.1, 0.15) is 32.8 Å². The average molecular weight is 269 g/mol. The molecular formula is C15H21ClS. The zero-order chi connectivity index (χ0) is 12.5. The van der Waals surface area contributed by atoms with Crippen LogP contribution in [0, 0.1) is 11.3 Å². The van der Waals surface area contributed by atoms with Gasteiger partial charge in [-0.05, 0) is 35.8 Å². The molecule has 2 atom stereocenters. The van der Waals surface area contributed by atoms with Gasteiger partial charge in [-0.3, -0.25) is 0 Å². The van der Waals surface area contributed by atoms with E-state index in [4.69, 9.17) is 11.6 Å². The van der Waals surface area contributed by atoms with Gasteiger partial charge in [0.15, 0.2) is 0 Å². The number of thioether (sulfide) groups is 1. The van der Waals surface area contributed by atoms with Crippen molar-refractivity contribution in [2.24, 2.45) is 11.3 Å². The van der Waals surface area contributed by atoms with E-state index in [0.29, 0.717) is 11.2 Å². The molecule has 1 heterocycles. The van der Waals surface area contributed by atoms with Gasteiger partial charge < -0.3 is 0 Å². The second kappa shape index (κ2) is 5.24. The zero-order valence-electron chi connectivity index (χ0n) is 10.9. The van der Waals surface area contributed by atoms with E-state index in [1.807, 2.05) is 11.8 Å². The van der Waals surface area contributed by atoms with Crippen LogP contribution in [0.15, 0.2) is 29.2 Å². The monoisotopic (exact) mass is 268 g/mol. The molecule has 2 heteroatoms. The molecule has 0 nitrogen and oxygen atoms in total. The quantitative estimate of drug-likeness (QED) is 0.693. The summed E-state index contributed by atoms with van der Waals surface area (Å²) in [7, 11) is 0. The second-order valence-corrected chi connectivity index (χ2v) is 7.31. The molecule has 0 N–H and O–H groups in total. The van der Waals surface area contributed by atoms with Gasteiger partial charge in [0, 0.05) is 16.0 Å². The normalized spacial score (nSPS) is 22.5. The Kier molecular flexibility index (Phi) is 4.10. The first kappa shape index (κ1) is 13.3. The standard InChI is InChI=1S/C15H21ClS/c1-11(2)15(3,10-16)9-13-8-12-6-4-5-7-14(12)17-13/h4-7,11,13H,8-10H2,1-3H3. The minimum Gasteiger partial charge on any atom is -0.126 e. The van der Waals surface area contributed by atoms with Crippen LogP contribution < -0.4 is 0 Å². The maximum Gasteiger partial charge on any atom is 0.0280 e. The molecule has 0 bridgehead atoms. The van der Waals surface area contributed by atoms with Gasteiger partial charge in [0.1, 0.15) is 0 Å². The molecule has 2 rings (SSSR count). The molecular weight excluding hydrogens is 248 g/mol. The highest BCUT2D eigenvalue weighted by Gasteiger charge is 2.33. The number of benzene rings is 1. The minimum atomic E-state index is 0.265. The molecule has 0 aromatic heterocycles. The summed E-state index contributed by atoms with van der Waals surface area (Å²) in [6.45, 7) is 6.90. The third-order valence-corrected chi connectivity index (χ3v) is 6.04. The first-order valence-corrected chi connectivity index (χ1v) is 7.77. The second-order valence-electron chi connectivity index (χ2n) is 5.70. The van der Waals surface area contributed by atoms with E-state index < -0.39 is 0 Å². The van der Waals surface area contributed by atoms with Crippen molar-refractivity contribution in [2.75, 3.05) is 5.88 Å². The molecule has 0 amide bonds. The summed E-state index contributed by atoms with van der Waals surface area (Å²) < 4.78 is 0. The van der Waals surface area contributed by atoms with Crippen LogP contribution in [0.3, 0.4) is 0 Å². The zero-order valence-corrected chi connectivity index (χ0v) is 12.4. The summed E-state index contributed by atoms with van der Waals surface area (Å²) in [6.07, 6.45) is 2.42. The number of rotatable bonds is 4. The van der Waals surface area contributed by atoms with E-state index in [2.05, 4.69) is 45.0 Å². The van der Waals surface area contributed by atoms with E-state index >= 15 is 0 Å². The molecule has 17 heavy (non-hydrogen) atoms. The predicted molar refractivity (Wildman–Crippen MR) is 78.1 cm³/mol. The first-order chi connectivity index (χ1) is 8.05. The lowest BCUT2D eigenvalue weighted by Crippen LogP contribution is -2.29. The Morgan fingerprint density at radius 1 is 1.41 bits per heavy atom. The minimum absolute atomic E-state index is 0.265. The molecule has 0 spiro atoms. The Hall–Kier alpha value is -0.140. The van der Waals surface area contributed by atoms with Crippen LogP contribution in [0.4, 0.5) is 0 Å². The van der Waals surface area contributed by atoms with E-state index in [1.54, 1.807) is 0 Å². The molecule has 94 valence electrons. The molecule has 0 radical (unpaired) electrons. The molecule has 0 aliphatic carbocycles. The molecule has 1 aliphatic heterocycles. The molecule has 1 aliphatic rings. The molecule has 2 unspecified atom stereocenters. The van der Waals surface area contributed by atoms with Gasteiger partial charge in [-0.1, -0.05) is 39.0 Å². The maximum atomic E-state index is 6.18. The fourth-order valence-electron chi connectivity index (χ4n) is 2.33. The van der Waals surface area contributed by atoms with E-state index in [0.717, 1.165) is 5.88 Å². The molecule has 0 fully saturated rings. The average Bonchev–Trinajstić information content (AvgIpc) is 2.70. The SMILES string of the molecule is CC(C)C(C)(CCl)CC1Cc2ccccc2S1. The molecule has 1 aromatic carbocycles. The highest BCUT2D eigenvalue weighted by Crippen LogP contribution is 2.44. The topological polar surface area (TPSA) is 0 Å². The maximum absolute atomic E-state index is 6.18. The van der Waals surface area contributed by atoms with Crippen molar-refractivity contribution in [3.05, 3.63) is 29.8 Å². The van der Waals surface area contributed by atoms with Crippen molar-refractivity contribution in [2.45, 2.75) is 43.8 Å². The summed E-state index contributed by atoms with van der Waals surface area (Å²) in [5.74, 6) is 1.40. The third-order valence-electron chi connectivity index (χ3n) is 4.11. The van der Waals surface area contributed by atoms with Crippen LogP contribution in [-0.2, 0) is 6.42 Å². The molecule has 0 saturated carbocycles. The Morgan fingerprint density at radius 3 is 2.71 bits per heavy atom. The number of halogens is 1. The van der Waals surface area contributed by atoms with E-state index in [-0.39, 0.29) is 5.41 Å². The number of alkyl halides is 1. The van der Waals surface area contributed by atoms with Gasteiger partial charge in [0.25, 0.3) is 0 Å². The van der Waals surface area contributed by atoms with Crippen LogP contribution >= 0.6 is 23.4 Å². The Bertz CT molecular complexity index is 363. The van der Waals surface area contributed by atoms with Crippen molar-refractivity contribution in [1.29, 1.82) is 0 Å². The number of hydrogen-bond acceptors (Lipinski definition) is 1. The summed E-state index contributed by atoms with van der Waals surface area (Å²) in [6, 6.07) is 8.78. The Balaban J connectivity index is 2.04. The predicted octanol–water partition coefficient (Wildman–Crippen LogP) is 4.99.